The average Bonchev–Trinajstić information content (AvgIpc) is 2.42. The largest absolute Gasteiger partial charge is 0.573 e. The van der Waals surface area contributed by atoms with E-state index in [1.54, 1.807) is 13.8 Å². The van der Waals surface area contributed by atoms with Crippen molar-refractivity contribution in [2.75, 3.05) is 0 Å². The van der Waals surface area contributed by atoms with Gasteiger partial charge in [-0.15, -0.1) is 13.2 Å². The Balaban J connectivity index is 2.30. The van der Waals surface area contributed by atoms with Crippen molar-refractivity contribution in [2.24, 2.45) is 0 Å². The van der Waals surface area contributed by atoms with E-state index in [-0.39, 0.29) is 16.5 Å². The Labute approximate surface area is 139 Å². The zero-order valence-corrected chi connectivity index (χ0v) is 13.2. The normalized spacial score (nSPS) is 11.2. The summed E-state index contributed by atoms with van der Waals surface area (Å²) < 4.78 is 45.9. The first kappa shape index (κ1) is 17.9. The van der Waals surface area contributed by atoms with Crippen LogP contribution >= 0.6 is 11.6 Å². The lowest BCUT2D eigenvalue weighted by molar-refractivity contribution is -0.385. The predicted molar refractivity (Wildman–Crippen MR) is 80.8 cm³/mol. The van der Waals surface area contributed by atoms with E-state index in [1.807, 2.05) is 0 Å². The van der Waals surface area contributed by atoms with Gasteiger partial charge in [0.15, 0.2) is 0 Å². The van der Waals surface area contributed by atoms with Crippen LogP contribution in [0.15, 0.2) is 30.3 Å². The van der Waals surface area contributed by atoms with Gasteiger partial charge in [0.2, 0.25) is 0 Å². The number of ether oxygens (including phenoxy) is 2. The van der Waals surface area contributed by atoms with Gasteiger partial charge in [0.25, 0.3) is 5.69 Å². The number of non-ortho nitro benzene ring substituents is 1. The predicted octanol–water partition coefficient (Wildman–Crippen LogP) is 5.56. The van der Waals surface area contributed by atoms with Crippen LogP contribution in [-0.2, 0) is 0 Å². The minimum atomic E-state index is -4.82. The minimum absolute atomic E-state index is 0.0858. The highest BCUT2D eigenvalue weighted by molar-refractivity contribution is 6.32. The fraction of sp³-hybridized carbons (Fsp3) is 0.200. The maximum absolute atomic E-state index is 12.2. The van der Waals surface area contributed by atoms with Crippen LogP contribution in [0.4, 0.5) is 18.9 Å². The molecule has 5 nitrogen and oxygen atoms in total. The molecule has 0 spiro atoms. The van der Waals surface area contributed by atoms with Crippen molar-refractivity contribution in [3.8, 4) is 17.2 Å². The van der Waals surface area contributed by atoms with Crippen LogP contribution in [0.3, 0.4) is 0 Å². The monoisotopic (exact) mass is 361 g/mol. The summed E-state index contributed by atoms with van der Waals surface area (Å²) in [5.41, 5.74) is 0.902. The summed E-state index contributed by atoms with van der Waals surface area (Å²) in [5, 5.41) is 10.7. The lowest BCUT2D eigenvalue weighted by atomic mass is 10.1. The Bertz CT molecular complexity index is 770. The number of alkyl halides is 3. The first-order valence-corrected chi connectivity index (χ1v) is 6.93. The third-order valence-corrected chi connectivity index (χ3v) is 3.30. The van der Waals surface area contributed by atoms with Crippen molar-refractivity contribution in [2.45, 2.75) is 20.2 Å². The summed E-state index contributed by atoms with van der Waals surface area (Å²) in [6.45, 7) is 3.23. The highest BCUT2D eigenvalue weighted by Crippen LogP contribution is 2.37. The molecule has 0 N–H and O–H groups in total. The van der Waals surface area contributed by atoms with E-state index in [0.717, 1.165) is 12.1 Å². The van der Waals surface area contributed by atoms with Gasteiger partial charge in [0, 0.05) is 18.2 Å². The van der Waals surface area contributed by atoms with E-state index in [2.05, 4.69) is 4.74 Å². The van der Waals surface area contributed by atoms with Crippen molar-refractivity contribution in [1.82, 2.24) is 0 Å². The molecule has 0 aliphatic carbocycles. The van der Waals surface area contributed by atoms with E-state index >= 15 is 0 Å². The summed E-state index contributed by atoms with van der Waals surface area (Å²) in [4.78, 5) is 10.3. The highest BCUT2D eigenvalue weighted by atomic mass is 35.5. The molecule has 0 fully saturated rings. The number of halogens is 4. The second kappa shape index (κ2) is 6.56. The first-order valence-electron chi connectivity index (χ1n) is 6.55. The van der Waals surface area contributed by atoms with Gasteiger partial charge < -0.3 is 9.47 Å². The van der Waals surface area contributed by atoms with Gasteiger partial charge in [-0.05, 0) is 37.1 Å². The summed E-state index contributed by atoms with van der Waals surface area (Å²) in [7, 11) is 0. The Hall–Kier alpha value is -2.48. The number of aryl methyl sites for hydroxylation is 2. The van der Waals surface area contributed by atoms with Crippen LogP contribution in [0.1, 0.15) is 11.1 Å². The number of nitro benzene ring substituents is 1. The maximum atomic E-state index is 12.2. The van der Waals surface area contributed by atoms with Gasteiger partial charge >= 0.3 is 6.36 Å². The van der Waals surface area contributed by atoms with Gasteiger partial charge in [-0.3, -0.25) is 10.1 Å². The molecular formula is C15H11ClF3NO4. The van der Waals surface area contributed by atoms with Gasteiger partial charge in [-0.2, -0.15) is 0 Å². The Morgan fingerprint density at radius 1 is 1.12 bits per heavy atom. The molecular weight excluding hydrogens is 351 g/mol. The lowest BCUT2D eigenvalue weighted by Crippen LogP contribution is -2.17. The van der Waals surface area contributed by atoms with E-state index in [9.17, 15) is 23.3 Å². The maximum Gasteiger partial charge on any atom is 0.573 e. The molecule has 0 atom stereocenters. The Morgan fingerprint density at radius 3 is 2.17 bits per heavy atom. The molecule has 0 radical (unpaired) electrons. The number of hydrogen-bond acceptors (Lipinski definition) is 4. The molecule has 0 bridgehead atoms. The highest BCUT2D eigenvalue weighted by Gasteiger charge is 2.31. The number of nitro groups is 1. The van der Waals surface area contributed by atoms with Crippen molar-refractivity contribution in [3.63, 3.8) is 0 Å². The number of nitrogens with zero attached hydrogens (tertiary/aromatic N) is 1. The molecule has 24 heavy (non-hydrogen) atoms. The van der Waals surface area contributed by atoms with Crippen molar-refractivity contribution in [3.05, 3.63) is 56.6 Å². The molecule has 0 aromatic heterocycles. The SMILES string of the molecule is Cc1cc([N+](=O)[O-])cc(C)c1Oc1ccc(OC(F)(F)F)cc1Cl. The van der Waals surface area contributed by atoms with E-state index < -0.39 is 17.0 Å². The molecule has 0 amide bonds. The molecule has 2 rings (SSSR count). The summed E-state index contributed by atoms with van der Waals surface area (Å²) in [5.74, 6) is -0.0322. The Kier molecular flexibility index (Phi) is 4.88. The fourth-order valence-electron chi connectivity index (χ4n) is 2.07. The average molecular weight is 362 g/mol. The molecule has 0 aliphatic rings. The standard InChI is InChI=1S/C15H11ClF3NO4/c1-8-5-10(20(21)22)6-9(2)14(8)23-13-4-3-11(7-12(13)16)24-15(17,18)19/h3-7H,1-2H3. The van der Waals surface area contributed by atoms with Gasteiger partial charge in [0.05, 0.1) is 9.95 Å². The van der Waals surface area contributed by atoms with Crippen molar-refractivity contribution in [1.29, 1.82) is 0 Å². The first-order chi connectivity index (χ1) is 11.1. The molecule has 0 saturated carbocycles. The Morgan fingerprint density at radius 2 is 1.71 bits per heavy atom. The number of rotatable bonds is 4. The van der Waals surface area contributed by atoms with Crippen LogP contribution in [0.5, 0.6) is 17.2 Å². The smallest absolute Gasteiger partial charge is 0.455 e. The minimum Gasteiger partial charge on any atom is -0.455 e. The van der Waals surface area contributed by atoms with Crippen molar-refractivity contribution < 1.29 is 27.6 Å². The third-order valence-electron chi connectivity index (χ3n) is 3.00. The molecule has 0 heterocycles. The number of hydrogen-bond donors (Lipinski definition) is 0. The van der Waals surface area contributed by atoms with Gasteiger partial charge in [0.1, 0.15) is 17.2 Å². The topological polar surface area (TPSA) is 61.6 Å². The second-order valence-corrected chi connectivity index (χ2v) is 5.32. The van der Waals surface area contributed by atoms with Crippen LogP contribution in [0, 0.1) is 24.0 Å². The molecule has 9 heteroatoms. The van der Waals surface area contributed by atoms with Crippen LogP contribution in [-0.4, -0.2) is 11.3 Å². The van der Waals surface area contributed by atoms with Crippen LogP contribution < -0.4 is 9.47 Å². The van der Waals surface area contributed by atoms with Crippen LogP contribution in [0.2, 0.25) is 5.02 Å². The van der Waals surface area contributed by atoms with Crippen LogP contribution in [0.25, 0.3) is 0 Å². The molecule has 128 valence electrons. The third kappa shape index (κ3) is 4.29. The molecule has 2 aromatic carbocycles. The second-order valence-electron chi connectivity index (χ2n) is 4.91. The quantitative estimate of drug-likeness (QED) is 0.528. The number of benzene rings is 2. The summed E-state index contributed by atoms with van der Waals surface area (Å²) in [6.07, 6.45) is -4.82. The molecule has 0 unspecified atom stereocenters. The van der Waals surface area contributed by atoms with E-state index in [4.69, 9.17) is 16.3 Å². The van der Waals surface area contributed by atoms with Gasteiger partial charge in [-0.25, -0.2) is 0 Å². The molecule has 2 aromatic rings. The molecule has 0 saturated heterocycles. The van der Waals surface area contributed by atoms with Gasteiger partial charge in [-0.1, -0.05) is 11.6 Å². The van der Waals surface area contributed by atoms with E-state index in [0.29, 0.717) is 16.9 Å². The van der Waals surface area contributed by atoms with E-state index in [1.165, 1.54) is 18.2 Å². The lowest BCUT2D eigenvalue weighted by Gasteiger charge is -2.14. The van der Waals surface area contributed by atoms with Crippen molar-refractivity contribution >= 4 is 17.3 Å². The fourth-order valence-corrected chi connectivity index (χ4v) is 2.27. The zero-order chi connectivity index (χ0) is 18.1. The zero-order valence-electron chi connectivity index (χ0n) is 12.5. The summed E-state index contributed by atoms with van der Waals surface area (Å²) >= 11 is 5.91. The molecule has 0 aliphatic heterocycles. The summed E-state index contributed by atoms with van der Waals surface area (Å²) in [6, 6.07) is 5.92.